The van der Waals surface area contributed by atoms with Crippen LogP contribution in [0.2, 0.25) is 0 Å². The summed E-state index contributed by atoms with van der Waals surface area (Å²) in [5.41, 5.74) is 2.43. The van der Waals surface area contributed by atoms with Crippen LogP contribution in [-0.2, 0) is 16.0 Å². The maximum atomic E-state index is 10.9. The van der Waals surface area contributed by atoms with Crippen molar-refractivity contribution < 1.29 is 9.53 Å². The fourth-order valence-electron chi connectivity index (χ4n) is 2.10. The Morgan fingerprint density at radius 2 is 2.00 bits per heavy atom. The van der Waals surface area contributed by atoms with Crippen LogP contribution >= 0.6 is 0 Å². The quantitative estimate of drug-likeness (QED) is 0.459. The summed E-state index contributed by atoms with van der Waals surface area (Å²) in [4.78, 5) is 15.5. The first-order valence-electron chi connectivity index (χ1n) is 10.1. The standard InChI is InChI=1S/C13H20N2.C8H12O2.C2H6/c1-4-7-12-8-5-6-9-13(12)15-10-11(2)14-3;1-6(2)10-5-8(9)7-3-4-7;1-2/h5-6,8-11,14H,4,7H2,1-3H3;7H,1,3-5H2,2H3;1-2H3. The van der Waals surface area contributed by atoms with Crippen LogP contribution in [-0.4, -0.2) is 31.7 Å². The van der Waals surface area contributed by atoms with Gasteiger partial charge in [0.2, 0.25) is 0 Å². The first-order chi connectivity index (χ1) is 13.0. The van der Waals surface area contributed by atoms with Gasteiger partial charge >= 0.3 is 0 Å². The first-order valence-corrected chi connectivity index (χ1v) is 10.1. The van der Waals surface area contributed by atoms with E-state index in [0.717, 1.165) is 31.4 Å². The molecule has 0 radical (unpaired) electrons. The van der Waals surface area contributed by atoms with E-state index >= 15 is 0 Å². The molecule has 0 amide bonds. The van der Waals surface area contributed by atoms with Crippen molar-refractivity contribution in [2.24, 2.45) is 10.9 Å². The lowest BCUT2D eigenvalue weighted by Crippen LogP contribution is -2.22. The Morgan fingerprint density at radius 3 is 2.52 bits per heavy atom. The van der Waals surface area contributed by atoms with Gasteiger partial charge in [0.1, 0.15) is 6.61 Å². The van der Waals surface area contributed by atoms with Crippen molar-refractivity contribution in [3.8, 4) is 0 Å². The van der Waals surface area contributed by atoms with Gasteiger partial charge in [0.05, 0.1) is 11.4 Å². The Kier molecular flexibility index (Phi) is 14.1. The third-order valence-electron chi connectivity index (χ3n) is 3.90. The second-order valence-electron chi connectivity index (χ2n) is 6.47. The lowest BCUT2D eigenvalue weighted by Gasteiger charge is -2.05. The normalized spacial score (nSPS) is 13.7. The lowest BCUT2D eigenvalue weighted by molar-refractivity contribution is -0.123. The molecule has 0 aliphatic heterocycles. The first kappa shape index (κ1) is 25.1. The van der Waals surface area contributed by atoms with Gasteiger partial charge in [-0.3, -0.25) is 9.79 Å². The molecule has 1 atom stereocenters. The molecular weight excluding hydrogens is 336 g/mol. The zero-order valence-electron chi connectivity index (χ0n) is 18.0. The van der Waals surface area contributed by atoms with Gasteiger partial charge in [-0.25, -0.2) is 0 Å². The monoisotopic (exact) mass is 374 g/mol. The van der Waals surface area contributed by atoms with Crippen molar-refractivity contribution >= 4 is 17.7 Å². The summed E-state index contributed by atoms with van der Waals surface area (Å²) in [6.07, 6.45) is 6.32. The molecule has 1 aromatic rings. The highest BCUT2D eigenvalue weighted by atomic mass is 16.5. The molecule has 1 saturated carbocycles. The van der Waals surface area contributed by atoms with Crippen LogP contribution in [0.1, 0.15) is 59.4 Å². The average molecular weight is 375 g/mol. The van der Waals surface area contributed by atoms with Crippen molar-refractivity contribution in [3.63, 3.8) is 0 Å². The Hall–Kier alpha value is -1.94. The van der Waals surface area contributed by atoms with E-state index in [-0.39, 0.29) is 12.4 Å². The van der Waals surface area contributed by atoms with Gasteiger partial charge in [-0.15, -0.1) is 0 Å². The highest BCUT2D eigenvalue weighted by molar-refractivity contribution is 5.84. The van der Waals surface area contributed by atoms with Gasteiger partial charge in [0.15, 0.2) is 5.78 Å². The number of ether oxygens (including phenoxy) is 1. The number of ketones is 1. The number of carbonyl (C=O) groups excluding carboxylic acids is 1. The fourth-order valence-corrected chi connectivity index (χ4v) is 2.10. The van der Waals surface area contributed by atoms with E-state index in [1.54, 1.807) is 6.92 Å². The van der Waals surface area contributed by atoms with Gasteiger partial charge in [0.25, 0.3) is 0 Å². The van der Waals surface area contributed by atoms with Gasteiger partial charge in [0, 0.05) is 18.2 Å². The molecule has 4 heteroatoms. The molecular formula is C23H38N2O2. The van der Waals surface area contributed by atoms with E-state index in [2.05, 4.69) is 48.9 Å². The van der Waals surface area contributed by atoms with Crippen LogP contribution in [0.4, 0.5) is 5.69 Å². The van der Waals surface area contributed by atoms with E-state index in [4.69, 9.17) is 4.74 Å². The second-order valence-corrected chi connectivity index (χ2v) is 6.47. The highest BCUT2D eigenvalue weighted by Crippen LogP contribution is 2.29. The van der Waals surface area contributed by atoms with Gasteiger partial charge in [-0.2, -0.15) is 0 Å². The third kappa shape index (κ3) is 12.1. The Morgan fingerprint density at radius 1 is 1.37 bits per heavy atom. The molecule has 0 heterocycles. The number of nitrogens with one attached hydrogen (secondary N) is 1. The molecule has 0 aromatic heterocycles. The topological polar surface area (TPSA) is 50.7 Å². The predicted molar refractivity (Wildman–Crippen MR) is 117 cm³/mol. The summed E-state index contributed by atoms with van der Waals surface area (Å²) in [7, 11) is 1.94. The summed E-state index contributed by atoms with van der Waals surface area (Å²) < 4.78 is 4.96. The van der Waals surface area contributed by atoms with Crippen LogP contribution in [0.3, 0.4) is 0 Å². The number of aryl methyl sites for hydroxylation is 1. The summed E-state index contributed by atoms with van der Waals surface area (Å²) >= 11 is 0. The smallest absolute Gasteiger partial charge is 0.173 e. The van der Waals surface area contributed by atoms with Crippen LogP contribution in [0.5, 0.6) is 0 Å². The second kappa shape index (κ2) is 15.2. The maximum Gasteiger partial charge on any atom is 0.173 e. The van der Waals surface area contributed by atoms with Crippen molar-refractivity contribution in [2.75, 3.05) is 13.7 Å². The third-order valence-corrected chi connectivity index (χ3v) is 3.90. The van der Waals surface area contributed by atoms with Crippen LogP contribution < -0.4 is 5.32 Å². The predicted octanol–water partition coefficient (Wildman–Crippen LogP) is 5.49. The zero-order valence-corrected chi connectivity index (χ0v) is 18.0. The minimum absolute atomic E-state index is 0.222. The van der Waals surface area contributed by atoms with Crippen molar-refractivity contribution in [2.45, 2.75) is 66.3 Å². The van der Waals surface area contributed by atoms with Crippen LogP contribution in [0.15, 0.2) is 41.6 Å². The maximum absolute atomic E-state index is 10.9. The highest BCUT2D eigenvalue weighted by Gasteiger charge is 2.29. The number of allylic oxidation sites excluding steroid dienone is 1. The molecule has 1 fully saturated rings. The van der Waals surface area contributed by atoms with Crippen molar-refractivity contribution in [3.05, 3.63) is 42.2 Å². The molecule has 1 aromatic carbocycles. The van der Waals surface area contributed by atoms with E-state index in [0.29, 0.717) is 17.7 Å². The lowest BCUT2D eigenvalue weighted by atomic mass is 10.1. The molecule has 27 heavy (non-hydrogen) atoms. The number of hydrogen-bond acceptors (Lipinski definition) is 4. The molecule has 0 spiro atoms. The molecule has 0 saturated heterocycles. The number of nitrogens with zero attached hydrogens (tertiary/aromatic N) is 1. The number of aliphatic imine (C=N–C) groups is 1. The Balaban J connectivity index is 0.000000488. The summed E-state index contributed by atoms with van der Waals surface area (Å²) in [5, 5.41) is 3.14. The number of Topliss-reactive ketones (excluding diaryl/α,β-unsaturated/α-hetero) is 1. The van der Waals surface area contributed by atoms with Crippen LogP contribution in [0.25, 0.3) is 0 Å². The largest absolute Gasteiger partial charge is 0.491 e. The summed E-state index contributed by atoms with van der Waals surface area (Å²) in [6.45, 7) is 13.8. The Bertz CT molecular complexity index is 577. The van der Waals surface area contributed by atoms with Gasteiger partial charge in [-0.1, -0.05) is 52.0 Å². The molecule has 152 valence electrons. The fraction of sp³-hybridized carbons (Fsp3) is 0.565. The van der Waals surface area contributed by atoms with E-state index < -0.39 is 0 Å². The number of hydrogen-bond donors (Lipinski definition) is 1. The molecule has 1 aliphatic carbocycles. The van der Waals surface area contributed by atoms with E-state index in [9.17, 15) is 4.79 Å². The van der Waals surface area contributed by atoms with E-state index in [1.807, 2.05) is 33.2 Å². The van der Waals surface area contributed by atoms with Crippen LogP contribution in [0, 0.1) is 5.92 Å². The van der Waals surface area contributed by atoms with Crippen molar-refractivity contribution in [1.29, 1.82) is 0 Å². The minimum atomic E-state index is 0.222. The summed E-state index contributed by atoms with van der Waals surface area (Å²) in [5.74, 6) is 1.15. The van der Waals surface area contributed by atoms with Crippen molar-refractivity contribution in [1.82, 2.24) is 5.32 Å². The SMILES string of the molecule is C=C(C)OCC(=O)C1CC1.CC.CCCc1ccccc1N=CC(C)NC. The number of benzene rings is 1. The molecule has 1 unspecified atom stereocenters. The number of rotatable bonds is 9. The Labute approximate surface area is 166 Å². The minimum Gasteiger partial charge on any atom is -0.491 e. The summed E-state index contributed by atoms with van der Waals surface area (Å²) in [6, 6.07) is 8.66. The number of carbonyl (C=O) groups is 1. The number of para-hydroxylation sites is 1. The van der Waals surface area contributed by atoms with Gasteiger partial charge in [-0.05, 0) is 51.8 Å². The molecule has 2 rings (SSSR count). The van der Waals surface area contributed by atoms with E-state index in [1.165, 1.54) is 5.56 Å². The molecule has 1 N–H and O–H groups in total. The molecule has 4 nitrogen and oxygen atoms in total. The zero-order chi connectivity index (χ0) is 20.7. The van der Waals surface area contributed by atoms with Gasteiger partial charge < -0.3 is 10.1 Å². The molecule has 1 aliphatic rings. The average Bonchev–Trinajstić information content (AvgIpc) is 3.53. The molecule has 0 bridgehead atoms.